The van der Waals surface area contributed by atoms with Crippen molar-refractivity contribution in [1.82, 2.24) is 4.31 Å². The quantitative estimate of drug-likeness (QED) is 0.235. The van der Waals surface area contributed by atoms with Crippen molar-refractivity contribution in [3.63, 3.8) is 0 Å². The minimum absolute atomic E-state index is 0.0620. The zero-order valence-electron chi connectivity index (χ0n) is 19.9. The number of carbonyl (C=O) groups excluding carboxylic acids is 3. The molecule has 8 nitrogen and oxygen atoms in total. The highest BCUT2D eigenvalue weighted by atomic mass is 35.5. The van der Waals surface area contributed by atoms with Gasteiger partial charge in [-0.3, -0.25) is 14.4 Å². The molecule has 37 heavy (non-hydrogen) atoms. The highest BCUT2D eigenvalue weighted by Gasteiger charge is 2.47. The number of halogens is 2. The van der Waals surface area contributed by atoms with Crippen LogP contribution in [-0.2, 0) is 31.0 Å². The zero-order valence-corrected chi connectivity index (χ0v) is 22.2. The van der Waals surface area contributed by atoms with Gasteiger partial charge < -0.3 is 4.74 Å². The zero-order chi connectivity index (χ0) is 26.9. The molecule has 1 unspecified atom stereocenters. The van der Waals surface area contributed by atoms with Gasteiger partial charge in [-0.1, -0.05) is 53.0 Å². The van der Waals surface area contributed by atoms with Crippen LogP contribution >= 0.6 is 23.2 Å². The van der Waals surface area contributed by atoms with E-state index in [4.69, 9.17) is 27.9 Å². The number of hydrogen-bond donors (Lipinski definition) is 0. The molecule has 0 aliphatic carbocycles. The fourth-order valence-corrected chi connectivity index (χ4v) is 6.29. The summed E-state index contributed by atoms with van der Waals surface area (Å²) in [5.74, 6) is -1.56. The highest BCUT2D eigenvalue weighted by molar-refractivity contribution is 7.89. The van der Waals surface area contributed by atoms with E-state index in [-0.39, 0.29) is 39.3 Å². The van der Waals surface area contributed by atoms with E-state index in [0.717, 1.165) is 14.8 Å². The molecular weight excluding hydrogens is 539 g/mol. The molecule has 1 aliphatic heterocycles. The molecule has 0 N–H and O–H groups in total. The first kappa shape index (κ1) is 26.8. The second-order valence-corrected chi connectivity index (χ2v) is 11.2. The number of rotatable bonds is 7. The Morgan fingerprint density at radius 2 is 1.68 bits per heavy atom. The molecule has 3 aromatic rings. The van der Waals surface area contributed by atoms with Gasteiger partial charge >= 0.3 is 5.97 Å². The number of aryl methyl sites for hydroxylation is 1. The molecule has 2 amide bonds. The van der Waals surface area contributed by atoms with Gasteiger partial charge in [0.1, 0.15) is 16.7 Å². The van der Waals surface area contributed by atoms with Crippen LogP contribution in [0.15, 0.2) is 71.6 Å². The van der Waals surface area contributed by atoms with Crippen molar-refractivity contribution >= 4 is 56.7 Å². The molecule has 4 rings (SSSR count). The van der Waals surface area contributed by atoms with Gasteiger partial charge in [0.15, 0.2) is 0 Å². The van der Waals surface area contributed by atoms with E-state index in [1.807, 2.05) is 19.1 Å². The van der Waals surface area contributed by atoms with Crippen molar-refractivity contribution in [1.29, 1.82) is 0 Å². The molecular formula is C26H22Cl2N2O6S. The number of anilines is 1. The normalized spacial score (nSPS) is 15.9. The van der Waals surface area contributed by atoms with E-state index >= 15 is 0 Å². The van der Waals surface area contributed by atoms with Crippen LogP contribution in [0.5, 0.6) is 5.75 Å². The number of nitrogens with zero attached hydrogens (tertiary/aromatic N) is 2. The number of benzene rings is 3. The summed E-state index contributed by atoms with van der Waals surface area (Å²) < 4.78 is 33.7. The Morgan fingerprint density at radius 3 is 2.30 bits per heavy atom. The number of imide groups is 1. The summed E-state index contributed by atoms with van der Waals surface area (Å²) in [7, 11) is -4.37. The van der Waals surface area contributed by atoms with E-state index in [1.54, 1.807) is 12.1 Å². The summed E-state index contributed by atoms with van der Waals surface area (Å²) in [5, 5.41) is 0.0922. The monoisotopic (exact) mass is 560 g/mol. The minimum Gasteiger partial charge on any atom is -0.427 e. The number of ether oxygens (including phenoxy) is 1. The van der Waals surface area contributed by atoms with E-state index < -0.39 is 33.8 Å². The largest absolute Gasteiger partial charge is 0.427 e. The molecule has 0 radical (unpaired) electrons. The summed E-state index contributed by atoms with van der Waals surface area (Å²) in [6.07, 6.45) is -0.367. The van der Waals surface area contributed by atoms with Gasteiger partial charge in [-0.15, -0.1) is 0 Å². The predicted molar refractivity (Wildman–Crippen MR) is 139 cm³/mol. The molecule has 3 aromatic carbocycles. The lowest BCUT2D eigenvalue weighted by atomic mass is 10.1. The van der Waals surface area contributed by atoms with Crippen LogP contribution in [0, 0.1) is 6.92 Å². The van der Waals surface area contributed by atoms with Crippen molar-refractivity contribution in [3.05, 3.63) is 87.9 Å². The number of esters is 1. The lowest BCUT2D eigenvalue weighted by Gasteiger charge is -2.27. The first-order valence-electron chi connectivity index (χ1n) is 11.1. The smallest absolute Gasteiger partial charge is 0.308 e. The minimum atomic E-state index is -4.37. The van der Waals surface area contributed by atoms with E-state index in [9.17, 15) is 22.8 Å². The Balaban J connectivity index is 1.73. The van der Waals surface area contributed by atoms with Crippen LogP contribution in [0.2, 0.25) is 10.0 Å². The third-order valence-electron chi connectivity index (χ3n) is 5.77. The maximum absolute atomic E-state index is 13.9. The maximum atomic E-state index is 13.9. The second kappa shape index (κ2) is 10.6. The van der Waals surface area contributed by atoms with Gasteiger partial charge in [-0.2, -0.15) is 4.31 Å². The summed E-state index contributed by atoms with van der Waals surface area (Å²) >= 11 is 12.3. The molecule has 1 aliphatic rings. The van der Waals surface area contributed by atoms with Crippen LogP contribution in [-0.4, -0.2) is 36.5 Å². The number of hydrogen-bond acceptors (Lipinski definition) is 6. The molecule has 1 saturated heterocycles. The average Bonchev–Trinajstić information content (AvgIpc) is 3.13. The standard InChI is InChI=1S/C26H22Cl2N2O6S/c1-16-3-5-18(6-4-16)15-29(37(34,35)24-13-19(27)7-12-22(24)28)23-14-25(32)30(26(23)33)20-8-10-21(11-9-20)36-17(2)31/h3-13,23H,14-15H2,1-2H3. The van der Waals surface area contributed by atoms with E-state index in [2.05, 4.69) is 0 Å². The summed E-state index contributed by atoms with van der Waals surface area (Å²) in [6.45, 7) is 2.98. The Morgan fingerprint density at radius 1 is 1.03 bits per heavy atom. The molecule has 11 heteroatoms. The van der Waals surface area contributed by atoms with Crippen molar-refractivity contribution in [2.75, 3.05) is 4.90 Å². The SMILES string of the molecule is CC(=O)Oc1ccc(N2C(=O)CC(N(Cc3ccc(C)cc3)S(=O)(=O)c3cc(Cl)ccc3Cl)C2=O)cc1. The van der Waals surface area contributed by atoms with E-state index in [0.29, 0.717) is 5.56 Å². The van der Waals surface area contributed by atoms with Crippen LogP contribution in [0.1, 0.15) is 24.5 Å². The van der Waals surface area contributed by atoms with Crippen molar-refractivity contribution in [2.45, 2.75) is 37.8 Å². The molecule has 1 atom stereocenters. The lowest BCUT2D eigenvalue weighted by molar-refractivity contribution is -0.132. The van der Waals surface area contributed by atoms with Gasteiger partial charge in [0, 0.05) is 18.5 Å². The second-order valence-electron chi connectivity index (χ2n) is 8.49. The topological polar surface area (TPSA) is 101 Å². The van der Waals surface area contributed by atoms with Gasteiger partial charge in [0.05, 0.1) is 17.1 Å². The summed E-state index contributed by atoms with van der Waals surface area (Å²) in [6, 6.07) is 15.7. The average molecular weight is 561 g/mol. The van der Waals surface area contributed by atoms with Crippen molar-refractivity contribution in [3.8, 4) is 5.75 Å². The van der Waals surface area contributed by atoms with E-state index in [1.165, 1.54) is 49.4 Å². The molecule has 1 fully saturated rings. The van der Waals surface area contributed by atoms with Crippen molar-refractivity contribution < 1.29 is 27.5 Å². The Labute approximate surface area is 224 Å². The van der Waals surface area contributed by atoms with Crippen molar-refractivity contribution in [2.24, 2.45) is 0 Å². The third-order valence-corrected chi connectivity index (χ3v) is 8.34. The fourth-order valence-electron chi connectivity index (χ4n) is 3.98. The van der Waals surface area contributed by atoms with Gasteiger partial charge in [0.25, 0.3) is 5.91 Å². The van der Waals surface area contributed by atoms with Crippen LogP contribution in [0.3, 0.4) is 0 Å². The van der Waals surface area contributed by atoms with Crippen LogP contribution in [0.4, 0.5) is 5.69 Å². The van der Waals surface area contributed by atoms with Gasteiger partial charge in [-0.25, -0.2) is 13.3 Å². The summed E-state index contributed by atoms with van der Waals surface area (Å²) in [4.78, 5) is 38.4. The number of sulfonamides is 1. The molecule has 0 aromatic heterocycles. The Hall–Kier alpha value is -3.24. The molecule has 0 bridgehead atoms. The van der Waals surface area contributed by atoms with Gasteiger partial charge in [-0.05, 0) is 55.0 Å². The van der Waals surface area contributed by atoms with Gasteiger partial charge in [0.2, 0.25) is 15.9 Å². The first-order valence-corrected chi connectivity index (χ1v) is 13.3. The number of amides is 2. The summed E-state index contributed by atoms with van der Waals surface area (Å²) in [5.41, 5.74) is 1.82. The first-order chi connectivity index (χ1) is 17.5. The molecule has 192 valence electrons. The fraction of sp³-hybridized carbons (Fsp3) is 0.192. The Bertz CT molecular complexity index is 1470. The predicted octanol–water partition coefficient (Wildman–Crippen LogP) is 4.75. The third kappa shape index (κ3) is 5.70. The Kier molecular flexibility index (Phi) is 7.70. The molecule has 1 heterocycles. The van der Waals surface area contributed by atoms with Crippen LogP contribution in [0.25, 0.3) is 0 Å². The number of carbonyl (C=O) groups is 3. The molecule has 0 spiro atoms. The maximum Gasteiger partial charge on any atom is 0.308 e. The highest BCUT2D eigenvalue weighted by Crippen LogP contribution is 2.34. The lowest BCUT2D eigenvalue weighted by Crippen LogP contribution is -2.45. The molecule has 0 saturated carbocycles. The van der Waals surface area contributed by atoms with Crippen LogP contribution < -0.4 is 9.64 Å².